The van der Waals surface area contributed by atoms with Crippen LogP contribution in [0.3, 0.4) is 0 Å². The molecule has 132 valence electrons. The van der Waals surface area contributed by atoms with E-state index in [1.807, 2.05) is 30.3 Å². The van der Waals surface area contributed by atoms with Gasteiger partial charge in [0.05, 0.1) is 5.75 Å². The molecule has 0 heterocycles. The minimum Gasteiger partial charge on any atom is -0.326 e. The molecule has 0 unspecified atom stereocenters. The van der Waals surface area contributed by atoms with Crippen molar-refractivity contribution in [3.8, 4) is 0 Å². The van der Waals surface area contributed by atoms with Gasteiger partial charge in [0.25, 0.3) is 5.91 Å². The Labute approximate surface area is 147 Å². The van der Waals surface area contributed by atoms with Crippen LogP contribution in [0.2, 0.25) is 0 Å². The van der Waals surface area contributed by atoms with Gasteiger partial charge in [-0.25, -0.2) is 8.42 Å². The maximum Gasteiger partial charge on any atom is 0.258 e. The van der Waals surface area contributed by atoms with Gasteiger partial charge in [0.2, 0.25) is 5.91 Å². The van der Waals surface area contributed by atoms with E-state index < -0.39 is 15.7 Å². The summed E-state index contributed by atoms with van der Waals surface area (Å²) in [5.41, 5.74) is 1.63. The van der Waals surface area contributed by atoms with E-state index in [2.05, 4.69) is 5.32 Å². The van der Waals surface area contributed by atoms with Crippen LogP contribution in [-0.4, -0.2) is 39.3 Å². The average molecular weight is 360 g/mol. The van der Waals surface area contributed by atoms with Gasteiger partial charge in [0.1, 0.15) is 9.84 Å². The minimum absolute atomic E-state index is 0.124. The fourth-order valence-electron chi connectivity index (χ4n) is 2.19. The molecule has 0 saturated heterocycles. The van der Waals surface area contributed by atoms with E-state index in [-0.39, 0.29) is 18.1 Å². The number of nitrogens with zero attached hydrogens (tertiary/aromatic N) is 1. The third kappa shape index (κ3) is 5.72. The van der Waals surface area contributed by atoms with Gasteiger partial charge in [-0.15, -0.1) is 0 Å². The highest BCUT2D eigenvalue weighted by atomic mass is 32.2. The summed E-state index contributed by atoms with van der Waals surface area (Å²) in [4.78, 5) is 25.9. The minimum atomic E-state index is -3.20. The van der Waals surface area contributed by atoms with Crippen molar-refractivity contribution in [1.82, 2.24) is 0 Å². The molecule has 0 spiro atoms. The van der Waals surface area contributed by atoms with Crippen molar-refractivity contribution in [2.24, 2.45) is 0 Å². The number of hydrogen-bond acceptors (Lipinski definition) is 4. The standard InChI is InChI=1S/C18H20N2O4S/c1-20(16-9-4-3-5-10-16)18(22)14-7-6-8-15(13-14)19-17(21)11-12-25(2,23)24/h3-10,13H,11-12H2,1-2H3,(H,19,21). The summed E-state index contributed by atoms with van der Waals surface area (Å²) < 4.78 is 22.2. The molecular formula is C18H20N2O4S. The first-order chi connectivity index (χ1) is 11.8. The third-order valence-corrected chi connectivity index (χ3v) is 4.49. The maximum absolute atomic E-state index is 12.6. The van der Waals surface area contributed by atoms with Crippen LogP contribution in [0.15, 0.2) is 54.6 Å². The maximum atomic E-state index is 12.6. The Morgan fingerprint density at radius 1 is 1.04 bits per heavy atom. The summed E-state index contributed by atoms with van der Waals surface area (Å²) in [5, 5.41) is 2.61. The van der Waals surface area contributed by atoms with E-state index >= 15 is 0 Å². The molecule has 2 aromatic rings. The van der Waals surface area contributed by atoms with Crippen molar-refractivity contribution >= 4 is 33.0 Å². The highest BCUT2D eigenvalue weighted by Crippen LogP contribution is 2.17. The summed E-state index contributed by atoms with van der Waals surface area (Å²) >= 11 is 0. The Kier molecular flexibility index (Phi) is 5.93. The lowest BCUT2D eigenvalue weighted by atomic mass is 10.1. The normalized spacial score (nSPS) is 11.0. The number of para-hydroxylation sites is 1. The van der Waals surface area contributed by atoms with Crippen molar-refractivity contribution in [2.75, 3.05) is 29.3 Å². The topological polar surface area (TPSA) is 83.6 Å². The molecule has 2 rings (SSSR count). The van der Waals surface area contributed by atoms with Gasteiger partial charge in [-0.2, -0.15) is 0 Å². The predicted molar refractivity (Wildman–Crippen MR) is 98.6 cm³/mol. The Morgan fingerprint density at radius 3 is 2.36 bits per heavy atom. The zero-order valence-electron chi connectivity index (χ0n) is 14.1. The molecule has 2 amide bonds. The largest absolute Gasteiger partial charge is 0.326 e. The van der Waals surface area contributed by atoms with Crippen LogP contribution in [0.1, 0.15) is 16.8 Å². The number of rotatable bonds is 6. The highest BCUT2D eigenvalue weighted by Gasteiger charge is 2.14. The first kappa shape index (κ1) is 18.7. The van der Waals surface area contributed by atoms with Gasteiger partial charge >= 0.3 is 0 Å². The van der Waals surface area contributed by atoms with Gasteiger partial charge in [0.15, 0.2) is 0 Å². The molecule has 0 aliphatic rings. The van der Waals surface area contributed by atoms with Crippen molar-refractivity contribution < 1.29 is 18.0 Å². The molecule has 0 fully saturated rings. The summed E-state index contributed by atoms with van der Waals surface area (Å²) in [5.74, 6) is -0.835. The Hall–Kier alpha value is -2.67. The summed E-state index contributed by atoms with van der Waals surface area (Å²) in [6.45, 7) is 0. The van der Waals surface area contributed by atoms with Crippen molar-refractivity contribution in [1.29, 1.82) is 0 Å². The van der Waals surface area contributed by atoms with Gasteiger partial charge in [-0.05, 0) is 30.3 Å². The summed E-state index contributed by atoms with van der Waals surface area (Å²) in [6.07, 6.45) is 0.958. The molecule has 0 aromatic heterocycles. The second-order valence-electron chi connectivity index (χ2n) is 5.71. The number of nitrogens with one attached hydrogen (secondary N) is 1. The zero-order valence-corrected chi connectivity index (χ0v) is 14.9. The predicted octanol–water partition coefficient (Wildman–Crippen LogP) is 2.34. The molecular weight excluding hydrogens is 340 g/mol. The number of benzene rings is 2. The van der Waals surface area contributed by atoms with E-state index in [1.165, 1.54) is 4.90 Å². The van der Waals surface area contributed by atoms with Gasteiger partial charge in [0, 0.05) is 36.7 Å². The number of sulfone groups is 1. The number of carbonyl (C=O) groups excluding carboxylic acids is 2. The van der Waals surface area contributed by atoms with E-state index in [0.29, 0.717) is 11.3 Å². The first-order valence-corrected chi connectivity index (χ1v) is 9.73. The van der Waals surface area contributed by atoms with Crippen LogP contribution < -0.4 is 10.2 Å². The van der Waals surface area contributed by atoms with Crippen LogP contribution in [0.4, 0.5) is 11.4 Å². The average Bonchev–Trinajstić information content (AvgIpc) is 2.59. The third-order valence-electron chi connectivity index (χ3n) is 3.54. The molecule has 0 radical (unpaired) electrons. The number of hydrogen-bond donors (Lipinski definition) is 1. The molecule has 0 atom stereocenters. The molecule has 0 saturated carbocycles. The fraction of sp³-hybridized carbons (Fsp3) is 0.222. The highest BCUT2D eigenvalue weighted by molar-refractivity contribution is 7.90. The molecule has 0 bridgehead atoms. The first-order valence-electron chi connectivity index (χ1n) is 7.67. The second-order valence-corrected chi connectivity index (χ2v) is 7.97. The summed E-state index contributed by atoms with van der Waals surface area (Å²) in [7, 11) is -1.52. The van der Waals surface area contributed by atoms with Crippen molar-refractivity contribution in [3.63, 3.8) is 0 Å². The Bertz CT molecular complexity index is 864. The van der Waals surface area contributed by atoms with Crippen molar-refractivity contribution in [3.05, 3.63) is 60.2 Å². The Morgan fingerprint density at radius 2 is 1.72 bits per heavy atom. The molecule has 25 heavy (non-hydrogen) atoms. The molecule has 0 aliphatic carbocycles. The van der Waals surface area contributed by atoms with Crippen LogP contribution >= 0.6 is 0 Å². The van der Waals surface area contributed by atoms with Crippen LogP contribution in [0.25, 0.3) is 0 Å². The smallest absolute Gasteiger partial charge is 0.258 e. The second kappa shape index (κ2) is 7.94. The summed E-state index contributed by atoms with van der Waals surface area (Å²) in [6, 6.07) is 15.8. The van der Waals surface area contributed by atoms with Gasteiger partial charge in [-0.3, -0.25) is 9.59 Å². The van der Waals surface area contributed by atoms with Gasteiger partial charge < -0.3 is 10.2 Å². The Balaban J connectivity index is 2.08. The molecule has 2 aromatic carbocycles. The van der Waals surface area contributed by atoms with E-state index in [1.54, 1.807) is 31.3 Å². The van der Waals surface area contributed by atoms with Crippen LogP contribution in [-0.2, 0) is 14.6 Å². The lowest BCUT2D eigenvalue weighted by Gasteiger charge is -2.17. The van der Waals surface area contributed by atoms with Crippen LogP contribution in [0.5, 0.6) is 0 Å². The zero-order chi connectivity index (χ0) is 18.4. The van der Waals surface area contributed by atoms with Crippen LogP contribution in [0, 0.1) is 0 Å². The quantitative estimate of drug-likeness (QED) is 0.857. The molecule has 7 heteroatoms. The number of anilines is 2. The van der Waals surface area contributed by atoms with E-state index in [0.717, 1.165) is 11.9 Å². The SMILES string of the molecule is CN(C(=O)c1cccc(NC(=O)CCS(C)(=O)=O)c1)c1ccccc1. The van der Waals surface area contributed by atoms with Gasteiger partial charge in [-0.1, -0.05) is 24.3 Å². The monoisotopic (exact) mass is 360 g/mol. The van der Waals surface area contributed by atoms with E-state index in [4.69, 9.17) is 0 Å². The molecule has 0 aliphatic heterocycles. The molecule has 1 N–H and O–H groups in total. The van der Waals surface area contributed by atoms with Crippen molar-refractivity contribution in [2.45, 2.75) is 6.42 Å². The lowest BCUT2D eigenvalue weighted by molar-refractivity contribution is -0.115. The van der Waals surface area contributed by atoms with E-state index in [9.17, 15) is 18.0 Å². The fourth-order valence-corrected chi connectivity index (χ4v) is 2.75. The molecule has 6 nitrogen and oxygen atoms in total. The lowest BCUT2D eigenvalue weighted by Crippen LogP contribution is -2.26. The number of amides is 2. The number of carbonyl (C=O) groups is 2.